The largest absolute Gasteiger partial charge is 0.370 e. The van der Waals surface area contributed by atoms with Crippen LogP contribution < -0.4 is 5.73 Å². The lowest BCUT2D eigenvalue weighted by Crippen LogP contribution is -2.08. The van der Waals surface area contributed by atoms with Gasteiger partial charge in [0.1, 0.15) is 6.61 Å². The Hall–Kier alpha value is -1.72. The van der Waals surface area contributed by atoms with Gasteiger partial charge < -0.3 is 15.0 Å². The van der Waals surface area contributed by atoms with E-state index in [-0.39, 0.29) is 5.92 Å². The number of fused-ring (bicyclic) bond motifs is 1. The van der Waals surface area contributed by atoms with E-state index in [0.29, 0.717) is 25.6 Å². The van der Waals surface area contributed by atoms with Crippen molar-refractivity contribution in [1.29, 1.82) is 0 Å². The van der Waals surface area contributed by atoms with Crippen LogP contribution in [0.5, 0.6) is 0 Å². The Morgan fingerprint density at radius 1 is 1.37 bits per heavy atom. The molecule has 0 bridgehead atoms. The molecule has 2 aromatic rings. The summed E-state index contributed by atoms with van der Waals surface area (Å²) in [7, 11) is 0. The second kappa shape index (κ2) is 5.50. The van der Waals surface area contributed by atoms with Crippen molar-refractivity contribution in [1.82, 2.24) is 10.1 Å². The van der Waals surface area contributed by atoms with Crippen molar-refractivity contribution in [2.45, 2.75) is 25.4 Å². The molecule has 1 aliphatic carbocycles. The third kappa shape index (κ3) is 2.52. The lowest BCUT2D eigenvalue weighted by molar-refractivity contribution is 0.104. The molecule has 0 saturated carbocycles. The predicted octanol–water partition coefficient (Wildman–Crippen LogP) is 1.62. The summed E-state index contributed by atoms with van der Waals surface area (Å²) in [4.78, 5) is 4.42. The van der Waals surface area contributed by atoms with Crippen LogP contribution >= 0.6 is 0 Å². The summed E-state index contributed by atoms with van der Waals surface area (Å²) < 4.78 is 10.5. The smallest absolute Gasteiger partial charge is 0.252 e. The number of aryl methyl sites for hydroxylation is 1. The lowest BCUT2D eigenvalue weighted by atomic mass is 10.0. The highest BCUT2D eigenvalue weighted by Crippen LogP contribution is 2.36. The summed E-state index contributed by atoms with van der Waals surface area (Å²) >= 11 is 0. The first-order valence-electron chi connectivity index (χ1n) is 6.56. The first-order chi connectivity index (χ1) is 9.38. The van der Waals surface area contributed by atoms with E-state index in [2.05, 4.69) is 34.4 Å². The van der Waals surface area contributed by atoms with Crippen LogP contribution in [0.25, 0.3) is 0 Å². The second-order valence-electron chi connectivity index (χ2n) is 4.68. The van der Waals surface area contributed by atoms with E-state index in [1.54, 1.807) is 0 Å². The van der Waals surface area contributed by atoms with Crippen LogP contribution in [0, 0.1) is 0 Å². The Bertz CT molecular complexity index is 553. The Kier molecular flexibility index (Phi) is 3.57. The normalized spacial score (nSPS) is 17.6. The van der Waals surface area contributed by atoms with Gasteiger partial charge in [-0.1, -0.05) is 29.4 Å². The molecule has 5 heteroatoms. The van der Waals surface area contributed by atoms with Crippen LogP contribution in [0.2, 0.25) is 0 Å². The Morgan fingerprint density at radius 2 is 2.26 bits per heavy atom. The summed E-state index contributed by atoms with van der Waals surface area (Å²) in [6, 6.07) is 8.45. The van der Waals surface area contributed by atoms with Gasteiger partial charge in [0.25, 0.3) is 5.89 Å². The van der Waals surface area contributed by atoms with Crippen molar-refractivity contribution in [2.75, 3.05) is 13.2 Å². The highest BCUT2D eigenvalue weighted by atomic mass is 16.5. The van der Waals surface area contributed by atoms with Crippen LogP contribution in [0.4, 0.5) is 0 Å². The SMILES string of the molecule is NCCOCc1nc(C2CCc3ccccc32)no1. The highest BCUT2D eigenvalue weighted by molar-refractivity contribution is 5.38. The van der Waals surface area contributed by atoms with Crippen LogP contribution in [0.3, 0.4) is 0 Å². The third-order valence-corrected chi connectivity index (χ3v) is 3.42. The monoisotopic (exact) mass is 259 g/mol. The van der Waals surface area contributed by atoms with Crippen molar-refractivity contribution in [3.8, 4) is 0 Å². The maximum absolute atomic E-state index is 5.36. The summed E-state index contributed by atoms with van der Waals surface area (Å²) in [6.45, 7) is 1.33. The van der Waals surface area contributed by atoms with E-state index in [4.69, 9.17) is 15.0 Å². The Balaban J connectivity index is 1.74. The fourth-order valence-electron chi connectivity index (χ4n) is 2.54. The Morgan fingerprint density at radius 3 is 3.16 bits per heavy atom. The van der Waals surface area contributed by atoms with Crippen LogP contribution in [0.15, 0.2) is 28.8 Å². The van der Waals surface area contributed by atoms with Gasteiger partial charge in [0.2, 0.25) is 0 Å². The third-order valence-electron chi connectivity index (χ3n) is 3.42. The van der Waals surface area contributed by atoms with E-state index in [1.807, 2.05) is 0 Å². The molecule has 0 amide bonds. The maximum Gasteiger partial charge on any atom is 0.252 e. The van der Waals surface area contributed by atoms with Gasteiger partial charge in [0.15, 0.2) is 5.82 Å². The number of nitrogens with zero attached hydrogens (tertiary/aromatic N) is 2. The quantitative estimate of drug-likeness (QED) is 0.826. The molecular formula is C14H17N3O2. The summed E-state index contributed by atoms with van der Waals surface area (Å²) in [6.07, 6.45) is 2.12. The fourth-order valence-corrected chi connectivity index (χ4v) is 2.54. The summed E-state index contributed by atoms with van der Waals surface area (Å²) in [5.41, 5.74) is 8.06. The van der Waals surface area contributed by atoms with Gasteiger partial charge in [-0.05, 0) is 24.0 Å². The first kappa shape index (κ1) is 12.3. The molecule has 2 N–H and O–H groups in total. The Labute approximate surface area is 111 Å². The van der Waals surface area contributed by atoms with E-state index in [1.165, 1.54) is 11.1 Å². The zero-order valence-electron chi connectivity index (χ0n) is 10.7. The standard InChI is InChI=1S/C14H17N3O2/c15-7-8-18-9-13-16-14(17-19-13)12-6-5-10-3-1-2-4-11(10)12/h1-4,12H,5-9,15H2. The highest BCUT2D eigenvalue weighted by Gasteiger charge is 2.27. The van der Waals surface area contributed by atoms with Crippen molar-refractivity contribution in [2.24, 2.45) is 5.73 Å². The van der Waals surface area contributed by atoms with E-state index >= 15 is 0 Å². The topological polar surface area (TPSA) is 74.2 Å². The molecule has 100 valence electrons. The number of aromatic nitrogens is 2. The average molecular weight is 259 g/mol. The zero-order valence-corrected chi connectivity index (χ0v) is 10.7. The molecule has 1 heterocycles. The minimum atomic E-state index is 0.253. The van der Waals surface area contributed by atoms with Crippen LogP contribution in [-0.2, 0) is 17.8 Å². The van der Waals surface area contributed by atoms with Gasteiger partial charge in [-0.25, -0.2) is 0 Å². The average Bonchev–Trinajstić information content (AvgIpc) is 3.05. The van der Waals surface area contributed by atoms with E-state index < -0.39 is 0 Å². The molecular weight excluding hydrogens is 242 g/mol. The van der Waals surface area contributed by atoms with Gasteiger partial charge in [-0.15, -0.1) is 0 Å². The number of nitrogens with two attached hydrogens (primary N) is 1. The zero-order chi connectivity index (χ0) is 13.1. The molecule has 0 saturated heterocycles. The van der Waals surface area contributed by atoms with Crippen LogP contribution in [-0.4, -0.2) is 23.3 Å². The molecule has 1 atom stereocenters. The molecule has 5 nitrogen and oxygen atoms in total. The number of hydrogen-bond donors (Lipinski definition) is 1. The van der Waals surface area contributed by atoms with Gasteiger partial charge in [0.05, 0.1) is 6.61 Å². The van der Waals surface area contributed by atoms with Crippen molar-refractivity contribution in [3.63, 3.8) is 0 Å². The molecule has 0 fully saturated rings. The molecule has 1 unspecified atom stereocenters. The molecule has 3 rings (SSSR count). The minimum Gasteiger partial charge on any atom is -0.370 e. The molecule has 19 heavy (non-hydrogen) atoms. The molecule has 1 aromatic carbocycles. The minimum absolute atomic E-state index is 0.253. The van der Waals surface area contributed by atoms with Gasteiger partial charge >= 0.3 is 0 Å². The number of hydrogen-bond acceptors (Lipinski definition) is 5. The predicted molar refractivity (Wildman–Crippen MR) is 69.6 cm³/mol. The van der Waals surface area contributed by atoms with Crippen molar-refractivity contribution >= 4 is 0 Å². The van der Waals surface area contributed by atoms with Gasteiger partial charge in [-0.3, -0.25) is 0 Å². The molecule has 0 spiro atoms. The summed E-state index contributed by atoms with van der Waals surface area (Å²) in [5, 5.41) is 4.08. The molecule has 0 radical (unpaired) electrons. The molecule has 0 aliphatic heterocycles. The molecule has 1 aromatic heterocycles. The van der Waals surface area contributed by atoms with Crippen molar-refractivity contribution in [3.05, 3.63) is 47.1 Å². The summed E-state index contributed by atoms with van der Waals surface area (Å²) in [5.74, 6) is 1.53. The fraction of sp³-hybridized carbons (Fsp3) is 0.429. The van der Waals surface area contributed by atoms with Crippen LogP contribution in [0.1, 0.15) is 35.2 Å². The number of benzene rings is 1. The number of ether oxygens (including phenoxy) is 1. The lowest BCUT2D eigenvalue weighted by Gasteiger charge is -2.05. The van der Waals surface area contributed by atoms with Gasteiger partial charge in [-0.2, -0.15) is 4.98 Å². The maximum atomic E-state index is 5.36. The van der Waals surface area contributed by atoms with E-state index in [9.17, 15) is 0 Å². The van der Waals surface area contributed by atoms with Crippen molar-refractivity contribution < 1.29 is 9.26 Å². The van der Waals surface area contributed by atoms with E-state index in [0.717, 1.165) is 18.7 Å². The number of rotatable bonds is 5. The first-order valence-corrected chi connectivity index (χ1v) is 6.56. The van der Waals surface area contributed by atoms with Gasteiger partial charge in [0, 0.05) is 12.5 Å². The molecule has 1 aliphatic rings. The second-order valence-corrected chi connectivity index (χ2v) is 4.68.